The molecule has 1 unspecified atom stereocenters. The molecule has 0 saturated heterocycles. The number of allylic oxidation sites excluding steroid dienone is 1. The van der Waals surface area contributed by atoms with Crippen molar-refractivity contribution in [2.45, 2.75) is 38.6 Å². The van der Waals surface area contributed by atoms with Gasteiger partial charge in [-0.05, 0) is 49.9 Å². The zero-order valence-electron chi connectivity index (χ0n) is 10.7. The maximum absolute atomic E-state index is 13.1. The van der Waals surface area contributed by atoms with Crippen molar-refractivity contribution in [1.29, 1.82) is 0 Å². The van der Waals surface area contributed by atoms with E-state index in [0.29, 0.717) is 5.02 Å². The number of nitrogens with one attached hydrogen (secondary N) is 1. The molecule has 0 fully saturated rings. The Bertz CT molecular complexity index is 442. The van der Waals surface area contributed by atoms with Gasteiger partial charge < -0.3 is 5.32 Å². The van der Waals surface area contributed by atoms with Crippen LogP contribution in [0.2, 0.25) is 5.02 Å². The number of halogens is 2. The molecule has 1 atom stereocenters. The van der Waals surface area contributed by atoms with Crippen molar-refractivity contribution in [3.63, 3.8) is 0 Å². The van der Waals surface area contributed by atoms with E-state index in [1.807, 2.05) is 0 Å². The van der Waals surface area contributed by atoms with Crippen LogP contribution in [0.25, 0.3) is 0 Å². The van der Waals surface area contributed by atoms with Gasteiger partial charge in [0.15, 0.2) is 0 Å². The van der Waals surface area contributed by atoms with Gasteiger partial charge in [-0.25, -0.2) is 4.39 Å². The van der Waals surface area contributed by atoms with E-state index in [-0.39, 0.29) is 11.9 Å². The van der Waals surface area contributed by atoms with Crippen LogP contribution in [0.4, 0.5) is 4.39 Å². The predicted molar refractivity (Wildman–Crippen MR) is 74.4 cm³/mol. The van der Waals surface area contributed by atoms with Crippen LogP contribution in [-0.2, 0) is 0 Å². The van der Waals surface area contributed by atoms with Crippen molar-refractivity contribution in [1.82, 2.24) is 5.32 Å². The number of hydrogen-bond acceptors (Lipinski definition) is 1. The van der Waals surface area contributed by atoms with Crippen molar-refractivity contribution in [3.05, 3.63) is 46.3 Å². The first kappa shape index (κ1) is 13.6. The fourth-order valence-electron chi connectivity index (χ4n) is 2.51. The topological polar surface area (TPSA) is 12.0 Å². The molecular formula is C15H19ClFN. The van der Waals surface area contributed by atoms with Gasteiger partial charge in [0.25, 0.3) is 0 Å². The average Bonchev–Trinajstić information content (AvgIpc) is 2.38. The lowest BCUT2D eigenvalue weighted by atomic mass is 9.89. The molecular weight excluding hydrogens is 249 g/mol. The standard InChI is InChI=1S/C15H19ClFN/c1-2-18-15(11-6-4-3-5-7-11)13-9-8-12(17)10-14(13)16/h6,8-10,15,18H,2-5,7H2,1H3. The van der Waals surface area contributed by atoms with Crippen LogP contribution in [0.1, 0.15) is 44.2 Å². The summed E-state index contributed by atoms with van der Waals surface area (Å²) in [6.45, 7) is 2.95. The number of likely N-dealkylation sites (N-methyl/N-ethyl adjacent to an activating group) is 1. The van der Waals surface area contributed by atoms with Gasteiger partial charge in [0.05, 0.1) is 6.04 Å². The molecule has 0 saturated carbocycles. The Kier molecular flexibility index (Phi) is 4.79. The number of hydrogen-bond donors (Lipinski definition) is 1. The van der Waals surface area contributed by atoms with Crippen molar-refractivity contribution in [2.24, 2.45) is 0 Å². The van der Waals surface area contributed by atoms with E-state index in [1.165, 1.54) is 30.5 Å². The smallest absolute Gasteiger partial charge is 0.124 e. The molecule has 1 aromatic rings. The van der Waals surface area contributed by atoms with Gasteiger partial charge in [-0.3, -0.25) is 0 Å². The Morgan fingerprint density at radius 3 is 2.83 bits per heavy atom. The monoisotopic (exact) mass is 267 g/mol. The largest absolute Gasteiger partial charge is 0.307 e. The highest BCUT2D eigenvalue weighted by atomic mass is 35.5. The van der Waals surface area contributed by atoms with E-state index in [4.69, 9.17) is 11.6 Å². The molecule has 1 aliphatic carbocycles. The fourth-order valence-corrected chi connectivity index (χ4v) is 2.78. The Morgan fingerprint density at radius 2 is 2.22 bits per heavy atom. The van der Waals surface area contributed by atoms with Gasteiger partial charge in [-0.1, -0.05) is 36.2 Å². The third-order valence-electron chi connectivity index (χ3n) is 3.38. The molecule has 0 aliphatic heterocycles. The second kappa shape index (κ2) is 6.35. The summed E-state index contributed by atoms with van der Waals surface area (Å²) in [5.41, 5.74) is 2.37. The molecule has 0 radical (unpaired) electrons. The molecule has 0 bridgehead atoms. The van der Waals surface area contributed by atoms with Crippen LogP contribution >= 0.6 is 11.6 Å². The number of benzene rings is 1. The van der Waals surface area contributed by atoms with Crippen LogP contribution in [0.3, 0.4) is 0 Å². The summed E-state index contributed by atoms with van der Waals surface area (Å²) in [5.74, 6) is -0.281. The second-order valence-corrected chi connectivity index (χ2v) is 5.09. The van der Waals surface area contributed by atoms with Crippen LogP contribution in [-0.4, -0.2) is 6.54 Å². The van der Waals surface area contributed by atoms with Gasteiger partial charge in [0, 0.05) is 5.02 Å². The Morgan fingerprint density at radius 1 is 1.39 bits per heavy atom. The van der Waals surface area contributed by atoms with Crippen molar-refractivity contribution < 1.29 is 4.39 Å². The molecule has 0 aromatic heterocycles. The molecule has 0 heterocycles. The quantitative estimate of drug-likeness (QED) is 0.785. The summed E-state index contributed by atoms with van der Waals surface area (Å²) in [5, 5.41) is 3.96. The first-order chi connectivity index (χ1) is 8.72. The lowest BCUT2D eigenvalue weighted by Crippen LogP contribution is -2.24. The predicted octanol–water partition coefficient (Wildman–Crippen LogP) is 4.63. The zero-order valence-corrected chi connectivity index (χ0v) is 11.4. The van der Waals surface area contributed by atoms with Crippen LogP contribution in [0.15, 0.2) is 29.8 Å². The van der Waals surface area contributed by atoms with Gasteiger partial charge in [-0.2, -0.15) is 0 Å². The molecule has 1 aromatic carbocycles. The highest BCUT2D eigenvalue weighted by Gasteiger charge is 2.19. The van der Waals surface area contributed by atoms with E-state index < -0.39 is 0 Å². The first-order valence-corrected chi connectivity index (χ1v) is 6.97. The molecule has 0 spiro atoms. The molecule has 0 amide bonds. The first-order valence-electron chi connectivity index (χ1n) is 6.59. The van der Waals surface area contributed by atoms with Crippen LogP contribution in [0.5, 0.6) is 0 Å². The lowest BCUT2D eigenvalue weighted by Gasteiger charge is -2.25. The van der Waals surface area contributed by atoms with E-state index >= 15 is 0 Å². The van der Waals surface area contributed by atoms with Gasteiger partial charge in [0.1, 0.15) is 5.82 Å². The van der Waals surface area contributed by atoms with Gasteiger partial charge >= 0.3 is 0 Å². The minimum absolute atomic E-state index is 0.128. The molecule has 98 valence electrons. The summed E-state index contributed by atoms with van der Waals surface area (Å²) in [6, 6.07) is 4.79. The Labute approximate surface area is 113 Å². The average molecular weight is 268 g/mol. The molecule has 18 heavy (non-hydrogen) atoms. The van der Waals surface area contributed by atoms with E-state index in [1.54, 1.807) is 6.07 Å². The Hall–Kier alpha value is -0.860. The van der Waals surface area contributed by atoms with E-state index in [9.17, 15) is 4.39 Å². The molecule has 2 rings (SSSR count). The third-order valence-corrected chi connectivity index (χ3v) is 3.71. The van der Waals surface area contributed by atoms with Crippen LogP contribution in [0, 0.1) is 5.82 Å². The lowest BCUT2D eigenvalue weighted by molar-refractivity contribution is 0.561. The minimum Gasteiger partial charge on any atom is -0.307 e. The normalized spacial score (nSPS) is 17.4. The molecule has 3 heteroatoms. The highest BCUT2D eigenvalue weighted by Crippen LogP contribution is 2.33. The summed E-state index contributed by atoms with van der Waals surface area (Å²) in [7, 11) is 0. The third kappa shape index (κ3) is 3.12. The summed E-state index contributed by atoms with van der Waals surface area (Å²) in [6.07, 6.45) is 7.03. The number of rotatable bonds is 4. The highest BCUT2D eigenvalue weighted by molar-refractivity contribution is 6.31. The molecule has 1 aliphatic rings. The van der Waals surface area contributed by atoms with Crippen molar-refractivity contribution in [2.75, 3.05) is 6.54 Å². The SMILES string of the molecule is CCNC(C1=CCCCC1)c1ccc(F)cc1Cl. The van der Waals surface area contributed by atoms with E-state index in [2.05, 4.69) is 18.3 Å². The van der Waals surface area contributed by atoms with E-state index in [0.717, 1.165) is 24.9 Å². The summed E-state index contributed by atoms with van der Waals surface area (Å²) < 4.78 is 13.1. The fraction of sp³-hybridized carbons (Fsp3) is 0.467. The van der Waals surface area contributed by atoms with Gasteiger partial charge in [0.2, 0.25) is 0 Å². The molecule has 1 N–H and O–H groups in total. The van der Waals surface area contributed by atoms with Crippen LogP contribution < -0.4 is 5.32 Å². The van der Waals surface area contributed by atoms with Crippen molar-refractivity contribution >= 4 is 11.6 Å². The summed E-state index contributed by atoms with van der Waals surface area (Å²) in [4.78, 5) is 0. The second-order valence-electron chi connectivity index (χ2n) is 4.68. The van der Waals surface area contributed by atoms with Crippen molar-refractivity contribution in [3.8, 4) is 0 Å². The minimum atomic E-state index is -0.281. The maximum atomic E-state index is 13.1. The maximum Gasteiger partial charge on any atom is 0.124 e. The zero-order chi connectivity index (χ0) is 13.0. The Balaban J connectivity index is 2.31. The molecule has 1 nitrogen and oxygen atoms in total. The van der Waals surface area contributed by atoms with Gasteiger partial charge in [-0.15, -0.1) is 0 Å². The summed E-state index contributed by atoms with van der Waals surface area (Å²) >= 11 is 6.17.